The number of hydrogen-bond acceptors (Lipinski definition) is 6. The molecule has 3 heterocycles. The molecule has 1 aliphatic rings. The van der Waals surface area contributed by atoms with E-state index < -0.39 is 0 Å². The fraction of sp³-hybridized carbons (Fsp3) is 0.435. The Kier molecular flexibility index (Phi) is 9.55. The second-order valence-electron chi connectivity index (χ2n) is 7.71. The number of nitrogens with one attached hydrogen (secondary N) is 2. The summed E-state index contributed by atoms with van der Waals surface area (Å²) in [5.41, 5.74) is 1.12. The van der Waals surface area contributed by atoms with Crippen molar-refractivity contribution < 1.29 is 13.9 Å². The molecule has 2 aromatic heterocycles. The van der Waals surface area contributed by atoms with Crippen molar-refractivity contribution in [2.24, 2.45) is 4.99 Å². The van der Waals surface area contributed by atoms with Gasteiger partial charge in [0.2, 0.25) is 0 Å². The van der Waals surface area contributed by atoms with E-state index in [0.717, 1.165) is 67.0 Å². The highest BCUT2D eigenvalue weighted by Crippen LogP contribution is 2.14. The monoisotopic (exact) mass is 566 g/mol. The molecule has 1 unspecified atom stereocenters. The Balaban J connectivity index is 0.00000306. The number of nitrogens with zero attached hydrogens (tertiary/aromatic N) is 4. The molecule has 0 saturated heterocycles. The molecule has 0 fully saturated rings. The number of aromatic nitrogens is 3. The molecule has 3 aromatic rings. The molecule has 10 heteroatoms. The van der Waals surface area contributed by atoms with Crippen LogP contribution in [0.15, 0.2) is 52.1 Å². The second kappa shape index (κ2) is 12.6. The highest BCUT2D eigenvalue weighted by molar-refractivity contribution is 14.0. The molecule has 1 aromatic carbocycles. The van der Waals surface area contributed by atoms with Crippen molar-refractivity contribution in [1.82, 2.24) is 25.4 Å². The zero-order chi connectivity index (χ0) is 22.2. The molecule has 0 bridgehead atoms. The van der Waals surface area contributed by atoms with Gasteiger partial charge in [-0.25, -0.2) is 14.7 Å². The van der Waals surface area contributed by atoms with Crippen molar-refractivity contribution in [3.05, 3.63) is 65.6 Å². The first-order valence-corrected chi connectivity index (χ1v) is 10.8. The third-order valence-electron chi connectivity index (χ3n) is 5.34. The third kappa shape index (κ3) is 7.19. The van der Waals surface area contributed by atoms with Gasteiger partial charge in [0, 0.05) is 32.5 Å². The smallest absolute Gasteiger partial charge is 0.191 e. The van der Waals surface area contributed by atoms with Crippen LogP contribution in [-0.2, 0) is 37.3 Å². The van der Waals surface area contributed by atoms with Crippen molar-refractivity contribution in [3.8, 4) is 5.75 Å². The van der Waals surface area contributed by atoms with Crippen LogP contribution in [0.5, 0.6) is 5.75 Å². The van der Waals surface area contributed by atoms with Gasteiger partial charge in [-0.1, -0.05) is 12.1 Å². The summed E-state index contributed by atoms with van der Waals surface area (Å²) in [5, 5.41) is 11.6. The molecule has 0 aliphatic carbocycles. The summed E-state index contributed by atoms with van der Waals surface area (Å²) in [6.45, 7) is 2.47. The Morgan fingerprint density at radius 2 is 2.09 bits per heavy atom. The average molecular weight is 566 g/mol. The van der Waals surface area contributed by atoms with Crippen LogP contribution >= 0.6 is 24.0 Å². The number of guanidine groups is 1. The van der Waals surface area contributed by atoms with Gasteiger partial charge in [-0.05, 0) is 36.2 Å². The molecule has 33 heavy (non-hydrogen) atoms. The van der Waals surface area contributed by atoms with Crippen LogP contribution in [0.1, 0.15) is 29.4 Å². The lowest BCUT2D eigenvalue weighted by atomic mass is 10.1. The lowest BCUT2D eigenvalue weighted by Crippen LogP contribution is -2.47. The van der Waals surface area contributed by atoms with E-state index in [0.29, 0.717) is 13.2 Å². The topological polar surface area (TPSA) is 98.7 Å². The van der Waals surface area contributed by atoms with E-state index in [-0.39, 0.29) is 30.0 Å². The highest BCUT2D eigenvalue weighted by atomic mass is 127. The van der Waals surface area contributed by atoms with Crippen LogP contribution in [0, 0.1) is 0 Å². The fourth-order valence-corrected chi connectivity index (χ4v) is 3.67. The molecule has 9 nitrogen and oxygen atoms in total. The number of hydrogen-bond donors (Lipinski definition) is 2. The van der Waals surface area contributed by atoms with Gasteiger partial charge in [0.1, 0.15) is 23.9 Å². The van der Waals surface area contributed by atoms with E-state index in [9.17, 15) is 0 Å². The molecule has 1 atom stereocenters. The molecule has 0 saturated carbocycles. The van der Waals surface area contributed by atoms with E-state index in [1.165, 1.54) is 0 Å². The normalized spacial score (nSPS) is 15.5. The molecule has 0 spiro atoms. The number of aliphatic imine (C=N–C) groups is 1. The minimum atomic E-state index is 0. The summed E-state index contributed by atoms with van der Waals surface area (Å²) in [7, 11) is 3.32. The van der Waals surface area contributed by atoms with E-state index in [1.807, 2.05) is 41.1 Å². The maximum absolute atomic E-state index is 5.44. The first kappa shape index (κ1) is 25.0. The maximum Gasteiger partial charge on any atom is 0.191 e. The Hall–Kier alpha value is -2.60. The number of ether oxygens (including phenoxy) is 2. The average Bonchev–Trinajstić information content (AvgIpc) is 3.47. The van der Waals surface area contributed by atoms with Crippen molar-refractivity contribution >= 4 is 29.9 Å². The molecule has 1 aliphatic heterocycles. The standard InChI is InChI=1S/C23H30N6O3.HI/c1-30-16-21-27-22-10-7-18(15-29(22)28-21)26-23(24-12-11-20-4-3-13-32-20)25-14-17-5-8-19(31-2)9-6-17;/h3-6,8-9,13,18H,7,10-12,14-16H2,1-2H3,(H2,24,25,26);1H. The fourth-order valence-electron chi connectivity index (χ4n) is 3.67. The first-order valence-electron chi connectivity index (χ1n) is 10.8. The van der Waals surface area contributed by atoms with Crippen LogP contribution in [-0.4, -0.2) is 47.5 Å². The Morgan fingerprint density at radius 1 is 1.24 bits per heavy atom. The minimum Gasteiger partial charge on any atom is -0.497 e. The maximum atomic E-state index is 5.44. The molecule has 0 radical (unpaired) electrons. The third-order valence-corrected chi connectivity index (χ3v) is 5.34. The summed E-state index contributed by atoms with van der Waals surface area (Å²) in [6, 6.07) is 12.1. The number of fused-ring (bicyclic) bond motifs is 1. The number of aryl methyl sites for hydroxylation is 1. The Morgan fingerprint density at radius 3 is 2.82 bits per heavy atom. The number of methoxy groups -OCH3 is 2. The van der Waals surface area contributed by atoms with Crippen LogP contribution in [0.2, 0.25) is 0 Å². The van der Waals surface area contributed by atoms with Gasteiger partial charge in [-0.15, -0.1) is 24.0 Å². The summed E-state index contributed by atoms with van der Waals surface area (Å²) in [4.78, 5) is 9.37. The summed E-state index contributed by atoms with van der Waals surface area (Å²) < 4.78 is 17.8. The highest BCUT2D eigenvalue weighted by Gasteiger charge is 2.22. The molecular weight excluding hydrogens is 535 g/mol. The van der Waals surface area contributed by atoms with Gasteiger partial charge in [0.05, 0.1) is 26.5 Å². The molecule has 4 rings (SSSR count). The van der Waals surface area contributed by atoms with Crippen LogP contribution in [0.25, 0.3) is 0 Å². The van der Waals surface area contributed by atoms with Gasteiger partial charge >= 0.3 is 0 Å². The number of halogens is 1. The zero-order valence-electron chi connectivity index (χ0n) is 19.0. The zero-order valence-corrected chi connectivity index (χ0v) is 21.3. The summed E-state index contributed by atoms with van der Waals surface area (Å²) >= 11 is 0. The predicted molar refractivity (Wildman–Crippen MR) is 136 cm³/mol. The minimum absolute atomic E-state index is 0. The molecule has 0 amide bonds. The molecule has 178 valence electrons. The van der Waals surface area contributed by atoms with Gasteiger partial charge in [-0.2, -0.15) is 5.10 Å². The van der Waals surface area contributed by atoms with Gasteiger partial charge in [-0.3, -0.25) is 0 Å². The van der Waals surface area contributed by atoms with E-state index in [4.69, 9.17) is 18.9 Å². The summed E-state index contributed by atoms with van der Waals surface area (Å²) in [6.07, 6.45) is 4.31. The van der Waals surface area contributed by atoms with E-state index in [2.05, 4.69) is 20.7 Å². The van der Waals surface area contributed by atoms with E-state index >= 15 is 0 Å². The Bertz CT molecular complexity index is 1000. The lowest BCUT2D eigenvalue weighted by Gasteiger charge is -2.25. The van der Waals surface area contributed by atoms with Gasteiger partial charge in [0.25, 0.3) is 0 Å². The van der Waals surface area contributed by atoms with Crippen LogP contribution in [0.3, 0.4) is 0 Å². The molecule has 2 N–H and O–H groups in total. The lowest BCUT2D eigenvalue weighted by molar-refractivity contribution is 0.177. The van der Waals surface area contributed by atoms with Crippen molar-refractivity contribution in [3.63, 3.8) is 0 Å². The number of furan rings is 1. The van der Waals surface area contributed by atoms with Crippen LogP contribution in [0.4, 0.5) is 0 Å². The molecular formula is C23H31IN6O3. The first-order chi connectivity index (χ1) is 15.7. The number of rotatable bonds is 9. The Labute approximate surface area is 211 Å². The van der Waals surface area contributed by atoms with E-state index in [1.54, 1.807) is 20.5 Å². The number of benzene rings is 1. The van der Waals surface area contributed by atoms with Crippen molar-refractivity contribution in [1.29, 1.82) is 0 Å². The SMILES string of the molecule is COCc1nc2n(n1)CC(NC(=NCc1ccc(OC)cc1)NCCc1ccco1)CC2.I. The second-order valence-corrected chi connectivity index (χ2v) is 7.71. The largest absolute Gasteiger partial charge is 0.497 e. The summed E-state index contributed by atoms with van der Waals surface area (Å²) in [5.74, 6) is 4.30. The van der Waals surface area contributed by atoms with Gasteiger partial charge < -0.3 is 24.5 Å². The quantitative estimate of drug-likeness (QED) is 0.234. The predicted octanol–water partition coefficient (Wildman–Crippen LogP) is 2.94. The van der Waals surface area contributed by atoms with Crippen molar-refractivity contribution in [2.75, 3.05) is 20.8 Å². The van der Waals surface area contributed by atoms with Crippen molar-refractivity contribution in [2.45, 2.75) is 45.0 Å². The van der Waals surface area contributed by atoms with Crippen LogP contribution < -0.4 is 15.4 Å². The van der Waals surface area contributed by atoms with Gasteiger partial charge in [0.15, 0.2) is 11.8 Å².